The van der Waals surface area contributed by atoms with E-state index in [0.717, 1.165) is 12.0 Å². The fourth-order valence-corrected chi connectivity index (χ4v) is 4.39. The summed E-state index contributed by atoms with van der Waals surface area (Å²) in [5, 5.41) is 16.1. The minimum absolute atomic E-state index is 0.0379. The Morgan fingerprint density at radius 3 is 2.19 bits per heavy atom. The first-order valence-corrected chi connectivity index (χ1v) is 13.8. The van der Waals surface area contributed by atoms with E-state index in [1.165, 1.54) is 24.3 Å². The van der Waals surface area contributed by atoms with Crippen molar-refractivity contribution in [1.82, 2.24) is 5.32 Å². The van der Waals surface area contributed by atoms with Crippen LogP contribution >= 0.6 is 0 Å². The van der Waals surface area contributed by atoms with Gasteiger partial charge in [0.25, 0.3) is 0 Å². The topological polar surface area (TPSA) is 105 Å². The molecule has 0 heterocycles. The van der Waals surface area contributed by atoms with Gasteiger partial charge in [0, 0.05) is 41.8 Å². The van der Waals surface area contributed by atoms with Gasteiger partial charge in [0.2, 0.25) is 0 Å². The SMILES string of the molecule is O=C(CCNCCCOc1ccc(CC(Nc2ccccc2C(=O)c2ccccc2)C(=O)O)cc1)c1ccc(F)cc1. The van der Waals surface area contributed by atoms with Crippen molar-refractivity contribution in [1.29, 1.82) is 0 Å². The van der Waals surface area contributed by atoms with Crippen LogP contribution in [0.3, 0.4) is 0 Å². The van der Waals surface area contributed by atoms with E-state index in [9.17, 15) is 23.9 Å². The summed E-state index contributed by atoms with van der Waals surface area (Å²) in [5.74, 6) is -0.939. The Morgan fingerprint density at radius 2 is 1.48 bits per heavy atom. The van der Waals surface area contributed by atoms with E-state index in [-0.39, 0.29) is 23.8 Å². The molecule has 0 bridgehead atoms. The Balaban J connectivity index is 1.22. The summed E-state index contributed by atoms with van der Waals surface area (Å²) in [4.78, 5) is 37.2. The first-order chi connectivity index (χ1) is 20.4. The van der Waals surface area contributed by atoms with Gasteiger partial charge in [-0.3, -0.25) is 9.59 Å². The summed E-state index contributed by atoms with van der Waals surface area (Å²) in [7, 11) is 0. The predicted molar refractivity (Wildman–Crippen MR) is 160 cm³/mol. The molecule has 7 nitrogen and oxygen atoms in total. The molecule has 0 aromatic heterocycles. The molecule has 4 aromatic rings. The van der Waals surface area contributed by atoms with Crippen LogP contribution in [0.2, 0.25) is 0 Å². The minimum atomic E-state index is -1.02. The summed E-state index contributed by atoms with van der Waals surface area (Å²) in [6.45, 7) is 1.67. The summed E-state index contributed by atoms with van der Waals surface area (Å²) in [6, 6.07) is 27.6. The number of carbonyl (C=O) groups is 3. The number of para-hydroxylation sites is 1. The zero-order chi connectivity index (χ0) is 29.7. The first-order valence-electron chi connectivity index (χ1n) is 13.8. The molecule has 0 saturated heterocycles. The third-order valence-corrected chi connectivity index (χ3v) is 6.66. The van der Waals surface area contributed by atoms with E-state index in [4.69, 9.17) is 4.74 Å². The van der Waals surface area contributed by atoms with Crippen LogP contribution in [0, 0.1) is 5.82 Å². The standard InChI is InChI=1S/C34H33FN2O5/c35-27-15-13-25(14-16-27)32(38)19-21-36-20-6-22-42-28-17-11-24(12-18-28)23-31(34(40)41)37-30-10-5-4-9-29(30)33(39)26-7-2-1-3-8-26/h1-5,7-18,31,36-37H,6,19-23H2,(H,40,41). The number of carboxylic acids is 1. The number of hydrogen-bond acceptors (Lipinski definition) is 6. The van der Waals surface area contributed by atoms with E-state index >= 15 is 0 Å². The minimum Gasteiger partial charge on any atom is -0.494 e. The van der Waals surface area contributed by atoms with Crippen LogP contribution in [-0.2, 0) is 11.2 Å². The lowest BCUT2D eigenvalue weighted by atomic mass is 10.00. The van der Waals surface area contributed by atoms with Crippen LogP contribution in [0.5, 0.6) is 5.75 Å². The van der Waals surface area contributed by atoms with Gasteiger partial charge in [-0.25, -0.2) is 9.18 Å². The average Bonchev–Trinajstić information content (AvgIpc) is 3.01. The molecule has 1 unspecified atom stereocenters. The zero-order valence-corrected chi connectivity index (χ0v) is 23.1. The molecule has 0 aliphatic heterocycles. The van der Waals surface area contributed by atoms with Gasteiger partial charge < -0.3 is 20.5 Å². The third kappa shape index (κ3) is 8.84. The van der Waals surface area contributed by atoms with Crippen molar-refractivity contribution >= 4 is 23.2 Å². The number of ketones is 2. The number of carbonyl (C=O) groups excluding carboxylic acids is 2. The predicted octanol–water partition coefficient (Wildman–Crippen LogP) is 5.80. The second-order valence-electron chi connectivity index (χ2n) is 9.76. The van der Waals surface area contributed by atoms with Crippen LogP contribution in [-0.4, -0.2) is 48.4 Å². The molecule has 0 aliphatic rings. The molecular formula is C34H33FN2O5. The van der Waals surface area contributed by atoms with Gasteiger partial charge in [-0.15, -0.1) is 0 Å². The number of anilines is 1. The van der Waals surface area contributed by atoms with E-state index in [2.05, 4.69) is 10.6 Å². The van der Waals surface area contributed by atoms with Gasteiger partial charge in [-0.1, -0.05) is 54.6 Å². The molecule has 1 atom stereocenters. The van der Waals surface area contributed by atoms with E-state index in [1.54, 1.807) is 60.7 Å². The van der Waals surface area contributed by atoms with Gasteiger partial charge >= 0.3 is 5.97 Å². The number of benzene rings is 4. The van der Waals surface area contributed by atoms with Crippen molar-refractivity contribution in [2.24, 2.45) is 0 Å². The van der Waals surface area contributed by atoms with Gasteiger partial charge in [-0.05, 0) is 67.1 Å². The van der Waals surface area contributed by atoms with Crippen LogP contribution in [0.15, 0.2) is 103 Å². The van der Waals surface area contributed by atoms with Crippen molar-refractivity contribution in [3.05, 3.63) is 131 Å². The molecule has 4 aromatic carbocycles. The van der Waals surface area contributed by atoms with E-state index in [1.807, 2.05) is 18.2 Å². The number of Topliss-reactive ketones (excluding diaryl/α,β-unsaturated/α-hetero) is 1. The highest BCUT2D eigenvalue weighted by Crippen LogP contribution is 2.22. The quantitative estimate of drug-likeness (QED) is 0.116. The number of halogens is 1. The molecular weight excluding hydrogens is 535 g/mol. The molecule has 8 heteroatoms. The summed E-state index contributed by atoms with van der Waals surface area (Å²) < 4.78 is 18.8. The molecule has 0 saturated carbocycles. The fourth-order valence-electron chi connectivity index (χ4n) is 4.39. The van der Waals surface area contributed by atoms with Crippen LogP contribution in [0.1, 0.15) is 44.7 Å². The second-order valence-corrected chi connectivity index (χ2v) is 9.76. The number of hydrogen-bond donors (Lipinski definition) is 3. The number of rotatable bonds is 16. The maximum absolute atomic E-state index is 13.0. The molecule has 4 rings (SSSR count). The van der Waals surface area contributed by atoms with Crippen molar-refractivity contribution in [3.8, 4) is 5.75 Å². The zero-order valence-electron chi connectivity index (χ0n) is 23.1. The van der Waals surface area contributed by atoms with Crippen molar-refractivity contribution in [3.63, 3.8) is 0 Å². The fraction of sp³-hybridized carbons (Fsp3) is 0.206. The molecule has 0 aliphatic carbocycles. The Hall–Kier alpha value is -4.82. The Labute approximate surface area is 244 Å². The molecule has 0 fully saturated rings. The van der Waals surface area contributed by atoms with Crippen LogP contribution < -0.4 is 15.4 Å². The van der Waals surface area contributed by atoms with Crippen molar-refractivity contribution < 1.29 is 28.6 Å². The van der Waals surface area contributed by atoms with Crippen molar-refractivity contribution in [2.75, 3.05) is 25.0 Å². The lowest BCUT2D eigenvalue weighted by Gasteiger charge is -2.18. The summed E-state index contributed by atoms with van der Waals surface area (Å²) in [6.07, 6.45) is 1.28. The first kappa shape index (κ1) is 30.1. The normalized spacial score (nSPS) is 11.5. The number of carboxylic acid groups (broad SMARTS) is 1. The van der Waals surface area contributed by atoms with E-state index < -0.39 is 12.0 Å². The molecule has 0 radical (unpaired) electrons. The van der Waals surface area contributed by atoms with Crippen LogP contribution in [0.4, 0.5) is 10.1 Å². The highest BCUT2D eigenvalue weighted by atomic mass is 19.1. The van der Waals surface area contributed by atoms with E-state index in [0.29, 0.717) is 54.2 Å². The maximum Gasteiger partial charge on any atom is 0.326 e. The Morgan fingerprint density at radius 1 is 0.786 bits per heavy atom. The second kappa shape index (κ2) is 15.3. The maximum atomic E-state index is 13.0. The molecule has 0 amide bonds. The number of ether oxygens (including phenoxy) is 1. The van der Waals surface area contributed by atoms with Gasteiger partial charge in [0.15, 0.2) is 11.6 Å². The smallest absolute Gasteiger partial charge is 0.326 e. The summed E-state index contributed by atoms with van der Waals surface area (Å²) in [5.41, 5.74) is 2.71. The van der Waals surface area contributed by atoms with Gasteiger partial charge in [-0.2, -0.15) is 0 Å². The molecule has 42 heavy (non-hydrogen) atoms. The Kier molecular flexibility index (Phi) is 10.9. The van der Waals surface area contributed by atoms with Gasteiger partial charge in [0.1, 0.15) is 17.6 Å². The summed E-state index contributed by atoms with van der Waals surface area (Å²) >= 11 is 0. The lowest BCUT2D eigenvalue weighted by molar-refractivity contribution is -0.137. The average molecular weight is 569 g/mol. The highest BCUT2D eigenvalue weighted by Gasteiger charge is 2.21. The lowest BCUT2D eigenvalue weighted by Crippen LogP contribution is -2.32. The molecule has 3 N–H and O–H groups in total. The number of nitrogens with one attached hydrogen (secondary N) is 2. The molecule has 216 valence electrons. The monoisotopic (exact) mass is 568 g/mol. The largest absolute Gasteiger partial charge is 0.494 e. The third-order valence-electron chi connectivity index (χ3n) is 6.66. The van der Waals surface area contributed by atoms with Crippen LogP contribution in [0.25, 0.3) is 0 Å². The Bertz CT molecular complexity index is 1470. The van der Waals surface area contributed by atoms with Crippen molar-refractivity contribution in [2.45, 2.75) is 25.3 Å². The molecule has 0 spiro atoms. The number of aliphatic carboxylic acids is 1. The van der Waals surface area contributed by atoms with Gasteiger partial charge in [0.05, 0.1) is 6.61 Å². The highest BCUT2D eigenvalue weighted by molar-refractivity contribution is 6.12.